The van der Waals surface area contributed by atoms with Gasteiger partial charge in [0.15, 0.2) is 5.96 Å². The van der Waals surface area contributed by atoms with Gasteiger partial charge in [-0.25, -0.2) is 0 Å². The van der Waals surface area contributed by atoms with Crippen LogP contribution in [-0.2, 0) is 0 Å². The van der Waals surface area contributed by atoms with Gasteiger partial charge < -0.3 is 11.1 Å². The number of nitrogens with zero attached hydrogens (tertiary/aromatic N) is 2. The summed E-state index contributed by atoms with van der Waals surface area (Å²) in [7, 11) is 0. The Morgan fingerprint density at radius 3 is 2.44 bits per heavy atom. The van der Waals surface area contributed by atoms with Crippen molar-refractivity contribution in [2.75, 3.05) is 26.2 Å². The monoisotopic (exact) mass is 368 g/mol. The van der Waals surface area contributed by atoms with Gasteiger partial charge >= 0.3 is 0 Å². The second-order valence-corrected chi connectivity index (χ2v) is 5.31. The summed E-state index contributed by atoms with van der Waals surface area (Å²) in [6, 6.07) is 0.602. The van der Waals surface area contributed by atoms with Gasteiger partial charge in [-0.2, -0.15) is 0 Å². The molecule has 0 spiro atoms. The minimum atomic E-state index is 0. The van der Waals surface area contributed by atoms with E-state index in [0.29, 0.717) is 17.9 Å². The molecule has 0 saturated carbocycles. The van der Waals surface area contributed by atoms with Crippen LogP contribution in [0.5, 0.6) is 0 Å². The van der Waals surface area contributed by atoms with Gasteiger partial charge in [0.05, 0.1) is 0 Å². The van der Waals surface area contributed by atoms with E-state index in [-0.39, 0.29) is 24.0 Å². The first-order valence-electron chi connectivity index (χ1n) is 6.91. The maximum absolute atomic E-state index is 5.84. The first kappa shape index (κ1) is 18.0. The third-order valence-electron chi connectivity index (χ3n) is 3.27. The smallest absolute Gasteiger partial charge is 0.188 e. The molecule has 3 N–H and O–H groups in total. The SMILES string of the molecule is CCC(CNC(N)=NCC(C)C)N1CCCC1.I. The van der Waals surface area contributed by atoms with Crippen molar-refractivity contribution >= 4 is 29.9 Å². The fraction of sp³-hybridized carbons (Fsp3) is 0.923. The highest BCUT2D eigenvalue weighted by molar-refractivity contribution is 14.0. The van der Waals surface area contributed by atoms with Gasteiger partial charge in [0.25, 0.3) is 0 Å². The molecule has 5 heteroatoms. The van der Waals surface area contributed by atoms with Gasteiger partial charge in [-0.15, -0.1) is 24.0 Å². The zero-order chi connectivity index (χ0) is 12.7. The molecule has 0 aromatic heterocycles. The number of rotatable bonds is 6. The summed E-state index contributed by atoms with van der Waals surface area (Å²) in [5.41, 5.74) is 5.84. The van der Waals surface area contributed by atoms with E-state index < -0.39 is 0 Å². The average Bonchev–Trinajstić information content (AvgIpc) is 2.81. The number of nitrogens with two attached hydrogens (primary N) is 1. The molecule has 0 aromatic rings. The average molecular weight is 368 g/mol. The molecule has 4 nitrogen and oxygen atoms in total. The number of nitrogens with one attached hydrogen (secondary N) is 1. The van der Waals surface area contributed by atoms with Crippen molar-refractivity contribution < 1.29 is 0 Å². The summed E-state index contributed by atoms with van der Waals surface area (Å²) in [6.07, 6.45) is 3.85. The molecule has 1 aliphatic rings. The second-order valence-electron chi connectivity index (χ2n) is 5.31. The third-order valence-corrected chi connectivity index (χ3v) is 3.27. The predicted molar refractivity (Wildman–Crippen MR) is 89.6 cm³/mol. The minimum absolute atomic E-state index is 0. The van der Waals surface area contributed by atoms with Crippen LogP contribution in [0.25, 0.3) is 0 Å². The Kier molecular flexibility index (Phi) is 9.81. The molecule has 0 amide bonds. The number of hydrogen-bond donors (Lipinski definition) is 2. The Morgan fingerprint density at radius 1 is 1.33 bits per heavy atom. The molecule has 0 radical (unpaired) electrons. The van der Waals surface area contributed by atoms with Crippen LogP contribution in [0.2, 0.25) is 0 Å². The van der Waals surface area contributed by atoms with Crippen molar-refractivity contribution in [3.8, 4) is 0 Å². The molecule has 1 rings (SSSR count). The highest BCUT2D eigenvalue weighted by atomic mass is 127. The molecular weight excluding hydrogens is 339 g/mol. The van der Waals surface area contributed by atoms with Gasteiger partial charge in [0, 0.05) is 19.1 Å². The Labute approximate surface area is 129 Å². The molecular formula is C13H29IN4. The fourth-order valence-electron chi connectivity index (χ4n) is 2.20. The number of hydrogen-bond acceptors (Lipinski definition) is 2. The summed E-state index contributed by atoms with van der Waals surface area (Å²) < 4.78 is 0. The topological polar surface area (TPSA) is 53.6 Å². The summed E-state index contributed by atoms with van der Waals surface area (Å²) in [5, 5.41) is 3.25. The molecule has 0 bridgehead atoms. The van der Waals surface area contributed by atoms with Gasteiger partial charge in [-0.1, -0.05) is 20.8 Å². The third kappa shape index (κ3) is 6.78. The van der Waals surface area contributed by atoms with E-state index in [0.717, 1.165) is 13.1 Å². The van der Waals surface area contributed by atoms with E-state index in [4.69, 9.17) is 5.73 Å². The summed E-state index contributed by atoms with van der Waals surface area (Å²) in [4.78, 5) is 6.88. The van der Waals surface area contributed by atoms with Crippen molar-refractivity contribution in [1.82, 2.24) is 10.2 Å². The lowest BCUT2D eigenvalue weighted by molar-refractivity contribution is 0.236. The van der Waals surface area contributed by atoms with Crippen molar-refractivity contribution in [1.29, 1.82) is 0 Å². The molecule has 1 fully saturated rings. The minimum Gasteiger partial charge on any atom is -0.370 e. The van der Waals surface area contributed by atoms with E-state index in [2.05, 4.69) is 36.0 Å². The van der Waals surface area contributed by atoms with E-state index in [1.807, 2.05) is 0 Å². The largest absolute Gasteiger partial charge is 0.370 e. The maximum atomic E-state index is 5.84. The zero-order valence-corrected chi connectivity index (χ0v) is 14.3. The van der Waals surface area contributed by atoms with Crippen LogP contribution in [0.3, 0.4) is 0 Å². The summed E-state index contributed by atoms with van der Waals surface area (Å²) in [5.74, 6) is 1.16. The van der Waals surface area contributed by atoms with Gasteiger partial charge in [0.2, 0.25) is 0 Å². The van der Waals surface area contributed by atoms with Gasteiger partial charge in [0.1, 0.15) is 0 Å². The number of aliphatic imine (C=N–C) groups is 1. The first-order chi connectivity index (χ1) is 8.13. The van der Waals surface area contributed by atoms with Crippen molar-refractivity contribution in [2.24, 2.45) is 16.6 Å². The van der Waals surface area contributed by atoms with E-state index in [1.165, 1.54) is 32.4 Å². The molecule has 1 atom stereocenters. The standard InChI is InChI=1S/C13H28N4.HI/c1-4-12(17-7-5-6-8-17)10-16-13(14)15-9-11(2)3;/h11-12H,4-10H2,1-3H3,(H3,14,15,16);1H. The first-order valence-corrected chi connectivity index (χ1v) is 6.91. The molecule has 1 unspecified atom stereocenters. The Hall–Kier alpha value is -0.0400. The Balaban J connectivity index is 0.00000289. The molecule has 1 saturated heterocycles. The quantitative estimate of drug-likeness (QED) is 0.429. The predicted octanol–water partition coefficient (Wildman–Crippen LogP) is 2.04. The molecule has 18 heavy (non-hydrogen) atoms. The lowest BCUT2D eigenvalue weighted by Gasteiger charge is -2.26. The van der Waals surface area contributed by atoms with E-state index in [9.17, 15) is 0 Å². The normalized spacial score (nSPS) is 18.8. The highest BCUT2D eigenvalue weighted by Gasteiger charge is 2.19. The molecule has 1 heterocycles. The summed E-state index contributed by atoms with van der Waals surface area (Å²) in [6.45, 7) is 10.7. The van der Waals surface area contributed by atoms with Gasteiger partial charge in [-0.3, -0.25) is 9.89 Å². The zero-order valence-electron chi connectivity index (χ0n) is 12.0. The summed E-state index contributed by atoms with van der Waals surface area (Å²) >= 11 is 0. The number of likely N-dealkylation sites (tertiary alicyclic amines) is 1. The van der Waals surface area contributed by atoms with Crippen LogP contribution in [0, 0.1) is 5.92 Å². The lowest BCUT2D eigenvalue weighted by atomic mass is 10.2. The fourth-order valence-corrected chi connectivity index (χ4v) is 2.20. The van der Waals surface area contributed by atoms with Crippen molar-refractivity contribution in [3.63, 3.8) is 0 Å². The van der Waals surface area contributed by atoms with E-state index >= 15 is 0 Å². The van der Waals surface area contributed by atoms with Crippen molar-refractivity contribution in [2.45, 2.75) is 46.1 Å². The van der Waals surface area contributed by atoms with Crippen LogP contribution in [-0.4, -0.2) is 43.1 Å². The number of guanidine groups is 1. The van der Waals surface area contributed by atoms with Crippen LogP contribution in [0.15, 0.2) is 4.99 Å². The van der Waals surface area contributed by atoms with E-state index in [1.54, 1.807) is 0 Å². The highest BCUT2D eigenvalue weighted by Crippen LogP contribution is 2.13. The molecule has 0 aliphatic carbocycles. The van der Waals surface area contributed by atoms with Crippen molar-refractivity contribution in [3.05, 3.63) is 0 Å². The van der Waals surface area contributed by atoms with Crippen LogP contribution in [0.1, 0.15) is 40.0 Å². The van der Waals surface area contributed by atoms with Crippen LogP contribution < -0.4 is 11.1 Å². The van der Waals surface area contributed by atoms with Crippen LogP contribution in [0.4, 0.5) is 0 Å². The molecule has 108 valence electrons. The molecule has 1 aliphatic heterocycles. The second kappa shape index (κ2) is 9.83. The molecule has 0 aromatic carbocycles. The number of halogens is 1. The van der Waals surface area contributed by atoms with Crippen LogP contribution >= 0.6 is 24.0 Å². The Bertz CT molecular complexity index is 237. The lowest BCUT2D eigenvalue weighted by Crippen LogP contribution is -2.44. The Morgan fingerprint density at radius 2 is 1.94 bits per heavy atom. The maximum Gasteiger partial charge on any atom is 0.188 e. The van der Waals surface area contributed by atoms with Gasteiger partial charge in [-0.05, 0) is 38.3 Å².